The number of carbonyl (C=O) groups is 2. The van der Waals surface area contributed by atoms with E-state index in [-0.39, 0.29) is 24.3 Å². The quantitative estimate of drug-likeness (QED) is 0.165. The van der Waals surface area contributed by atoms with Crippen molar-refractivity contribution in [3.05, 3.63) is 0 Å². The van der Waals surface area contributed by atoms with Gasteiger partial charge in [-0.2, -0.15) is 0 Å². The summed E-state index contributed by atoms with van der Waals surface area (Å²) in [4.78, 5) is 24.1. The van der Waals surface area contributed by atoms with Gasteiger partial charge in [-0.05, 0) is 39.2 Å². The molecule has 1 atom stereocenters. The summed E-state index contributed by atoms with van der Waals surface area (Å²) in [5, 5.41) is 2.85. The van der Waals surface area contributed by atoms with Crippen LogP contribution in [0.25, 0.3) is 0 Å². The summed E-state index contributed by atoms with van der Waals surface area (Å²) >= 11 is 0. The third-order valence-corrected chi connectivity index (χ3v) is 5.36. The SMILES string of the molecule is CCCCCCCCCCCCCCCC(=O)N[C@@H](CCCCN)C(=O)OCC.Cl. The molecule has 3 N–H and O–H groups in total. The number of nitrogens with one attached hydrogen (secondary N) is 1. The standard InChI is InChI=1S/C24H48N2O3.ClH/c1-3-5-6-7-8-9-10-11-12-13-14-15-16-20-23(27)26-22(19-17-18-21-25)24(28)29-4-2;/h22H,3-21,25H2,1-2H3,(H,26,27);1H/t22-;/m0./s1. The number of hydrogen-bond donors (Lipinski definition) is 2. The van der Waals surface area contributed by atoms with Gasteiger partial charge in [0.25, 0.3) is 0 Å². The van der Waals surface area contributed by atoms with E-state index in [0.717, 1.165) is 25.7 Å². The fourth-order valence-corrected chi connectivity index (χ4v) is 3.55. The number of ether oxygens (including phenoxy) is 1. The van der Waals surface area contributed by atoms with Gasteiger partial charge in [0.05, 0.1) is 6.61 Å². The van der Waals surface area contributed by atoms with E-state index in [2.05, 4.69) is 12.2 Å². The molecule has 0 bridgehead atoms. The maximum Gasteiger partial charge on any atom is 0.328 e. The summed E-state index contributed by atoms with van der Waals surface area (Å²) < 4.78 is 5.07. The lowest BCUT2D eigenvalue weighted by Crippen LogP contribution is -2.41. The Bertz CT molecular complexity index is 395. The Labute approximate surface area is 192 Å². The Morgan fingerprint density at radius 1 is 0.767 bits per heavy atom. The van der Waals surface area contributed by atoms with Gasteiger partial charge < -0.3 is 15.8 Å². The number of nitrogens with two attached hydrogens (primary N) is 1. The molecule has 0 heterocycles. The highest BCUT2D eigenvalue weighted by Gasteiger charge is 2.21. The van der Waals surface area contributed by atoms with Crippen molar-refractivity contribution >= 4 is 24.3 Å². The molecule has 0 rings (SSSR count). The first-order valence-electron chi connectivity index (χ1n) is 12.3. The lowest BCUT2D eigenvalue weighted by Gasteiger charge is -2.17. The number of unbranched alkanes of at least 4 members (excludes halogenated alkanes) is 13. The van der Waals surface area contributed by atoms with Gasteiger partial charge in [-0.3, -0.25) is 4.79 Å². The van der Waals surface area contributed by atoms with Crippen LogP contribution in [0.15, 0.2) is 0 Å². The van der Waals surface area contributed by atoms with E-state index in [0.29, 0.717) is 26.0 Å². The molecule has 0 radical (unpaired) electrons. The Kier molecular flexibility index (Phi) is 25.6. The second-order valence-electron chi connectivity index (χ2n) is 8.15. The monoisotopic (exact) mass is 448 g/mol. The molecule has 0 unspecified atom stereocenters. The third-order valence-electron chi connectivity index (χ3n) is 5.36. The van der Waals surface area contributed by atoms with E-state index in [1.54, 1.807) is 6.92 Å². The number of esters is 1. The molecule has 0 aliphatic heterocycles. The highest BCUT2D eigenvalue weighted by molar-refractivity contribution is 5.85. The van der Waals surface area contributed by atoms with Gasteiger partial charge in [0.1, 0.15) is 6.04 Å². The molecule has 0 aliphatic carbocycles. The lowest BCUT2D eigenvalue weighted by atomic mass is 10.0. The molecule has 0 saturated carbocycles. The van der Waals surface area contributed by atoms with Crippen LogP contribution in [0.2, 0.25) is 0 Å². The van der Waals surface area contributed by atoms with Crippen LogP contribution < -0.4 is 11.1 Å². The Morgan fingerprint density at radius 3 is 1.73 bits per heavy atom. The van der Waals surface area contributed by atoms with Gasteiger partial charge >= 0.3 is 5.97 Å². The highest BCUT2D eigenvalue weighted by Crippen LogP contribution is 2.13. The molecule has 30 heavy (non-hydrogen) atoms. The predicted octanol–water partition coefficient (Wildman–Crippen LogP) is 6.07. The summed E-state index contributed by atoms with van der Waals surface area (Å²) in [6.45, 7) is 4.98. The first-order chi connectivity index (χ1) is 14.2. The van der Waals surface area contributed by atoms with E-state index < -0.39 is 6.04 Å². The molecule has 0 saturated heterocycles. The molecule has 0 spiro atoms. The zero-order valence-corrected chi connectivity index (χ0v) is 20.5. The van der Waals surface area contributed by atoms with Crippen LogP contribution in [-0.4, -0.2) is 31.1 Å². The first-order valence-corrected chi connectivity index (χ1v) is 12.3. The van der Waals surface area contributed by atoms with E-state index >= 15 is 0 Å². The van der Waals surface area contributed by atoms with Crippen LogP contribution >= 0.6 is 12.4 Å². The molecule has 0 aromatic carbocycles. The minimum Gasteiger partial charge on any atom is -0.464 e. The average Bonchev–Trinajstić information content (AvgIpc) is 2.71. The van der Waals surface area contributed by atoms with Crippen LogP contribution in [0.4, 0.5) is 0 Å². The fraction of sp³-hybridized carbons (Fsp3) is 0.917. The zero-order chi connectivity index (χ0) is 21.6. The maximum absolute atomic E-state index is 12.2. The molecule has 5 nitrogen and oxygen atoms in total. The molecule has 6 heteroatoms. The molecular formula is C24H49ClN2O3. The number of carbonyl (C=O) groups excluding carboxylic acids is 2. The van der Waals surface area contributed by atoms with Gasteiger partial charge in [0.2, 0.25) is 5.91 Å². The first kappa shape index (κ1) is 31.4. The van der Waals surface area contributed by atoms with Gasteiger partial charge in [0, 0.05) is 6.42 Å². The summed E-state index contributed by atoms with van der Waals surface area (Å²) in [5.41, 5.74) is 5.51. The molecular weight excluding hydrogens is 400 g/mol. The number of hydrogen-bond acceptors (Lipinski definition) is 4. The van der Waals surface area contributed by atoms with Gasteiger partial charge in [-0.15, -0.1) is 12.4 Å². The number of amides is 1. The van der Waals surface area contributed by atoms with E-state index in [1.165, 1.54) is 70.6 Å². The van der Waals surface area contributed by atoms with Crippen LogP contribution in [0.5, 0.6) is 0 Å². The van der Waals surface area contributed by atoms with Crippen LogP contribution in [-0.2, 0) is 14.3 Å². The fourth-order valence-electron chi connectivity index (χ4n) is 3.55. The van der Waals surface area contributed by atoms with Crippen molar-refractivity contribution in [1.82, 2.24) is 5.32 Å². The minimum atomic E-state index is -0.532. The largest absolute Gasteiger partial charge is 0.464 e. The third kappa shape index (κ3) is 20.5. The smallest absolute Gasteiger partial charge is 0.328 e. The van der Waals surface area contributed by atoms with Crippen molar-refractivity contribution in [2.24, 2.45) is 5.73 Å². The van der Waals surface area contributed by atoms with Crippen molar-refractivity contribution in [1.29, 1.82) is 0 Å². The predicted molar refractivity (Wildman–Crippen MR) is 129 cm³/mol. The summed E-state index contributed by atoms with van der Waals surface area (Å²) in [7, 11) is 0. The normalized spacial score (nSPS) is 11.6. The summed E-state index contributed by atoms with van der Waals surface area (Å²) in [5.74, 6) is -0.373. The average molecular weight is 449 g/mol. The second-order valence-corrected chi connectivity index (χ2v) is 8.15. The van der Waals surface area contributed by atoms with Crippen LogP contribution in [0.3, 0.4) is 0 Å². The highest BCUT2D eigenvalue weighted by atomic mass is 35.5. The second kappa shape index (κ2) is 24.5. The molecule has 180 valence electrons. The zero-order valence-electron chi connectivity index (χ0n) is 19.7. The lowest BCUT2D eigenvalue weighted by molar-refractivity contribution is -0.147. The molecule has 0 aromatic rings. The van der Waals surface area contributed by atoms with Crippen LogP contribution in [0, 0.1) is 0 Å². The van der Waals surface area contributed by atoms with E-state index in [9.17, 15) is 9.59 Å². The minimum absolute atomic E-state index is 0. The van der Waals surface area contributed by atoms with Gasteiger partial charge in [0.15, 0.2) is 0 Å². The van der Waals surface area contributed by atoms with E-state index in [1.807, 2.05) is 0 Å². The molecule has 0 fully saturated rings. The van der Waals surface area contributed by atoms with Crippen molar-refractivity contribution in [3.63, 3.8) is 0 Å². The van der Waals surface area contributed by atoms with Crippen molar-refractivity contribution in [3.8, 4) is 0 Å². The van der Waals surface area contributed by atoms with Gasteiger partial charge in [-0.1, -0.05) is 84.0 Å². The Hall–Kier alpha value is -0.810. The Balaban J connectivity index is 0. The molecule has 0 aliphatic rings. The number of halogens is 1. The molecule has 1 amide bonds. The van der Waals surface area contributed by atoms with E-state index in [4.69, 9.17) is 10.5 Å². The molecule has 0 aromatic heterocycles. The van der Waals surface area contributed by atoms with Crippen molar-refractivity contribution in [2.75, 3.05) is 13.2 Å². The Morgan fingerprint density at radius 2 is 1.27 bits per heavy atom. The summed E-state index contributed by atoms with van der Waals surface area (Å²) in [6, 6.07) is -0.532. The van der Waals surface area contributed by atoms with Crippen molar-refractivity contribution < 1.29 is 14.3 Å². The van der Waals surface area contributed by atoms with Gasteiger partial charge in [-0.25, -0.2) is 4.79 Å². The topological polar surface area (TPSA) is 81.4 Å². The van der Waals surface area contributed by atoms with Crippen molar-refractivity contribution in [2.45, 2.75) is 129 Å². The number of rotatable bonds is 21. The van der Waals surface area contributed by atoms with Crippen LogP contribution in [0.1, 0.15) is 123 Å². The maximum atomic E-state index is 12.2. The summed E-state index contributed by atoms with van der Waals surface area (Å²) in [6.07, 6.45) is 19.5.